The van der Waals surface area contributed by atoms with E-state index in [1.165, 1.54) is 11.3 Å². The largest absolute Gasteiger partial charge is 0.476 e. The van der Waals surface area contributed by atoms with Crippen LogP contribution in [0.15, 0.2) is 42.7 Å². The van der Waals surface area contributed by atoms with Crippen LogP contribution in [0.4, 0.5) is 0 Å². The van der Waals surface area contributed by atoms with Gasteiger partial charge in [-0.05, 0) is 70.0 Å². The highest BCUT2D eigenvalue weighted by molar-refractivity contribution is 5.99. The van der Waals surface area contributed by atoms with Crippen LogP contribution in [0.25, 0.3) is 22.0 Å². The molecule has 0 spiro atoms. The highest BCUT2D eigenvalue weighted by Gasteiger charge is 2.32. The first kappa shape index (κ1) is 19.9. The van der Waals surface area contributed by atoms with Gasteiger partial charge in [-0.3, -0.25) is 4.98 Å². The van der Waals surface area contributed by atoms with E-state index < -0.39 is 5.60 Å². The molecule has 0 saturated heterocycles. The van der Waals surface area contributed by atoms with Crippen molar-refractivity contribution in [1.29, 1.82) is 0 Å². The summed E-state index contributed by atoms with van der Waals surface area (Å²) >= 11 is 0. The highest BCUT2D eigenvalue weighted by Crippen LogP contribution is 2.37. The van der Waals surface area contributed by atoms with E-state index in [4.69, 9.17) is 9.47 Å². The number of hydrogen-bond donors (Lipinski definition) is 0. The lowest BCUT2D eigenvalue weighted by Crippen LogP contribution is -2.39. The number of esters is 1. The van der Waals surface area contributed by atoms with Gasteiger partial charge in [-0.2, -0.15) is 0 Å². The Balaban J connectivity index is 2.11. The number of pyridine rings is 1. The van der Waals surface area contributed by atoms with Gasteiger partial charge in [-0.15, -0.1) is 0 Å². The van der Waals surface area contributed by atoms with Crippen LogP contribution in [0.1, 0.15) is 39.8 Å². The zero-order chi connectivity index (χ0) is 20.3. The average Bonchev–Trinajstić information content (AvgIpc) is 2.94. The number of carbonyl (C=O) groups excluding carboxylic acids is 1. The fourth-order valence-electron chi connectivity index (χ4n) is 3.56. The minimum absolute atomic E-state index is 0.329. The fraction of sp³-hybridized carbons (Fsp3) is 0.391. The highest BCUT2D eigenvalue weighted by atomic mass is 16.6. The van der Waals surface area contributed by atoms with Crippen molar-refractivity contribution in [3.63, 3.8) is 0 Å². The Morgan fingerprint density at radius 2 is 1.86 bits per heavy atom. The van der Waals surface area contributed by atoms with E-state index in [9.17, 15) is 4.79 Å². The van der Waals surface area contributed by atoms with Crippen molar-refractivity contribution in [2.75, 3.05) is 6.61 Å². The van der Waals surface area contributed by atoms with Gasteiger partial charge in [0.05, 0.1) is 6.61 Å². The van der Waals surface area contributed by atoms with Crippen molar-refractivity contribution in [3.05, 3.63) is 48.4 Å². The molecule has 1 aromatic carbocycles. The number of benzene rings is 1. The predicted octanol–water partition coefficient (Wildman–Crippen LogP) is 5.14. The first-order valence-corrected chi connectivity index (χ1v) is 9.78. The van der Waals surface area contributed by atoms with Crippen molar-refractivity contribution in [2.45, 2.75) is 53.2 Å². The predicted molar refractivity (Wildman–Crippen MR) is 112 cm³/mol. The maximum absolute atomic E-state index is 12.2. The van der Waals surface area contributed by atoms with Gasteiger partial charge in [-0.1, -0.05) is 6.92 Å². The van der Waals surface area contributed by atoms with Gasteiger partial charge in [0, 0.05) is 41.1 Å². The molecule has 5 nitrogen and oxygen atoms in total. The summed E-state index contributed by atoms with van der Waals surface area (Å²) in [7, 11) is 0. The molecule has 0 radical (unpaired) electrons. The van der Waals surface area contributed by atoms with E-state index in [-0.39, 0.29) is 5.97 Å². The van der Waals surface area contributed by atoms with Gasteiger partial charge >= 0.3 is 5.97 Å². The zero-order valence-corrected chi connectivity index (χ0v) is 17.3. The van der Waals surface area contributed by atoms with Crippen LogP contribution in [-0.4, -0.2) is 27.7 Å². The van der Waals surface area contributed by atoms with Gasteiger partial charge in [0.15, 0.2) is 5.60 Å². The van der Waals surface area contributed by atoms with Crippen molar-refractivity contribution >= 4 is 16.9 Å². The zero-order valence-electron chi connectivity index (χ0n) is 17.3. The van der Waals surface area contributed by atoms with E-state index in [0.717, 1.165) is 29.4 Å². The number of aromatic nitrogens is 2. The van der Waals surface area contributed by atoms with Crippen molar-refractivity contribution < 1.29 is 14.3 Å². The Morgan fingerprint density at radius 1 is 1.14 bits per heavy atom. The Hall–Kier alpha value is -2.82. The molecule has 148 valence electrons. The van der Waals surface area contributed by atoms with Crippen molar-refractivity contribution in [2.24, 2.45) is 0 Å². The van der Waals surface area contributed by atoms with Gasteiger partial charge in [0.25, 0.3) is 0 Å². The molecule has 0 bridgehead atoms. The monoisotopic (exact) mass is 380 g/mol. The van der Waals surface area contributed by atoms with E-state index in [1.54, 1.807) is 20.8 Å². The summed E-state index contributed by atoms with van der Waals surface area (Å²) in [5, 5.41) is 1.11. The third kappa shape index (κ3) is 3.75. The number of hydrogen-bond acceptors (Lipinski definition) is 4. The molecular weight excluding hydrogens is 352 g/mol. The summed E-state index contributed by atoms with van der Waals surface area (Å²) in [6.45, 7) is 10.8. The smallest absolute Gasteiger partial charge is 0.349 e. The average molecular weight is 380 g/mol. The van der Waals surface area contributed by atoms with E-state index in [1.807, 2.05) is 36.7 Å². The molecular formula is C23H28N2O3. The number of ether oxygens (including phenoxy) is 2. The molecule has 0 aliphatic rings. The fourth-order valence-corrected chi connectivity index (χ4v) is 3.56. The third-order valence-electron chi connectivity index (χ3n) is 4.85. The second-order valence-electron chi connectivity index (χ2n) is 7.36. The van der Waals surface area contributed by atoms with Gasteiger partial charge < -0.3 is 14.0 Å². The van der Waals surface area contributed by atoms with Crippen LogP contribution >= 0.6 is 0 Å². The van der Waals surface area contributed by atoms with Gasteiger partial charge in [0.1, 0.15) is 5.75 Å². The number of fused-ring (bicyclic) bond motifs is 1. The SMILES string of the molecule is CCCn1c(C)c(-c2ccncc2)c2cc(OC(C)(C)C(=O)OCC)ccc21. The van der Waals surface area contributed by atoms with Crippen LogP contribution < -0.4 is 4.74 Å². The van der Waals surface area contributed by atoms with Gasteiger partial charge in [0.2, 0.25) is 0 Å². The minimum Gasteiger partial charge on any atom is -0.476 e. The lowest BCUT2D eigenvalue weighted by molar-refractivity contribution is -0.158. The standard InChI is InChI=1S/C23H28N2O3/c1-6-14-25-16(3)21(17-10-12-24-13-11-17)19-15-18(8-9-20(19)25)28-23(4,5)22(26)27-7-2/h8-13,15H,6-7,14H2,1-5H3. The third-order valence-corrected chi connectivity index (χ3v) is 4.85. The second-order valence-corrected chi connectivity index (χ2v) is 7.36. The summed E-state index contributed by atoms with van der Waals surface area (Å²) in [5.41, 5.74) is 3.61. The molecule has 0 amide bonds. The normalized spacial score (nSPS) is 11.6. The molecule has 3 rings (SSSR count). The van der Waals surface area contributed by atoms with Crippen molar-refractivity contribution in [1.82, 2.24) is 9.55 Å². The van der Waals surface area contributed by atoms with E-state index >= 15 is 0 Å². The summed E-state index contributed by atoms with van der Waals surface area (Å²) in [6, 6.07) is 10.1. The number of nitrogens with zero attached hydrogens (tertiary/aromatic N) is 2. The maximum Gasteiger partial charge on any atom is 0.349 e. The van der Waals surface area contributed by atoms with Crippen LogP contribution in [0, 0.1) is 6.92 Å². The number of rotatable bonds is 7. The molecule has 28 heavy (non-hydrogen) atoms. The maximum atomic E-state index is 12.2. The topological polar surface area (TPSA) is 53.4 Å². The summed E-state index contributed by atoms with van der Waals surface area (Å²) in [4.78, 5) is 16.4. The Bertz CT molecular complexity index is 974. The molecule has 0 N–H and O–H groups in total. The van der Waals surface area contributed by atoms with Gasteiger partial charge in [-0.25, -0.2) is 4.79 Å². The molecule has 2 heterocycles. The van der Waals surface area contributed by atoms with Crippen LogP contribution in [0.5, 0.6) is 5.75 Å². The van der Waals surface area contributed by atoms with Crippen molar-refractivity contribution in [3.8, 4) is 16.9 Å². The summed E-state index contributed by atoms with van der Waals surface area (Å²) in [6.07, 6.45) is 4.67. The minimum atomic E-state index is -1.05. The number of carbonyl (C=O) groups is 1. The van der Waals surface area contributed by atoms with Crippen LogP contribution in [-0.2, 0) is 16.1 Å². The lowest BCUT2D eigenvalue weighted by atomic mass is 10.0. The Labute approximate surface area is 166 Å². The summed E-state index contributed by atoms with van der Waals surface area (Å²) in [5.74, 6) is 0.277. The molecule has 2 aromatic heterocycles. The first-order valence-electron chi connectivity index (χ1n) is 9.78. The molecule has 0 fully saturated rings. The van der Waals surface area contributed by atoms with Crippen LogP contribution in [0.2, 0.25) is 0 Å². The van der Waals surface area contributed by atoms with E-state index in [2.05, 4.69) is 29.5 Å². The Morgan fingerprint density at radius 3 is 2.50 bits per heavy atom. The Kier molecular flexibility index (Phi) is 5.73. The molecule has 0 atom stereocenters. The molecule has 0 saturated carbocycles. The molecule has 0 unspecified atom stereocenters. The molecule has 0 aliphatic heterocycles. The molecule has 3 aromatic rings. The first-order chi connectivity index (χ1) is 13.4. The quantitative estimate of drug-likeness (QED) is 0.533. The second kappa shape index (κ2) is 8.05. The van der Waals surface area contributed by atoms with E-state index in [0.29, 0.717) is 12.4 Å². The lowest BCUT2D eigenvalue weighted by Gasteiger charge is -2.24. The summed E-state index contributed by atoms with van der Waals surface area (Å²) < 4.78 is 13.5. The van der Waals surface area contributed by atoms with Crippen LogP contribution in [0.3, 0.4) is 0 Å². The number of aryl methyl sites for hydroxylation is 1. The molecule has 0 aliphatic carbocycles. The molecule has 5 heteroatoms.